The molecule has 0 heterocycles. The molecule has 1 aliphatic carbocycles. The van der Waals surface area contributed by atoms with E-state index in [0.29, 0.717) is 13.0 Å². The van der Waals surface area contributed by atoms with Gasteiger partial charge >= 0.3 is 5.97 Å². The van der Waals surface area contributed by atoms with Crippen LogP contribution in [0.4, 0.5) is 0 Å². The summed E-state index contributed by atoms with van der Waals surface area (Å²) in [5.41, 5.74) is 5.37. The van der Waals surface area contributed by atoms with Crippen LogP contribution in [0, 0.1) is 5.92 Å². The van der Waals surface area contributed by atoms with E-state index in [2.05, 4.69) is 5.32 Å². The fraction of sp³-hybridized carbons (Fsp3) is 0.846. The first-order valence-corrected chi connectivity index (χ1v) is 6.88. The summed E-state index contributed by atoms with van der Waals surface area (Å²) < 4.78 is 0. The molecule has 1 atom stereocenters. The standard InChI is InChI=1S/C13H24N2O3/c14-9-5-4-8-11(13(17)18)15-12(16)10-6-2-1-3-7-10/h10-11H,1-9,14H2,(H,15,16)(H,17,18)/t11-/m0/s1. The van der Waals surface area contributed by atoms with E-state index in [1.54, 1.807) is 0 Å². The van der Waals surface area contributed by atoms with Crippen LogP contribution >= 0.6 is 0 Å². The molecular formula is C13H24N2O3. The molecule has 1 saturated carbocycles. The Labute approximate surface area is 108 Å². The van der Waals surface area contributed by atoms with E-state index in [1.807, 2.05) is 0 Å². The normalized spacial score (nSPS) is 18.3. The average molecular weight is 256 g/mol. The molecule has 1 rings (SSSR count). The maximum Gasteiger partial charge on any atom is 0.326 e. The number of rotatable bonds is 7. The van der Waals surface area contributed by atoms with Gasteiger partial charge in [-0.25, -0.2) is 4.79 Å². The number of nitrogens with two attached hydrogens (primary N) is 1. The molecule has 0 saturated heterocycles. The molecule has 0 aromatic carbocycles. The van der Waals surface area contributed by atoms with E-state index in [9.17, 15) is 9.59 Å². The van der Waals surface area contributed by atoms with Crippen molar-refractivity contribution in [2.24, 2.45) is 11.7 Å². The predicted molar refractivity (Wildman–Crippen MR) is 69.0 cm³/mol. The lowest BCUT2D eigenvalue weighted by Crippen LogP contribution is -2.44. The van der Waals surface area contributed by atoms with Gasteiger partial charge in [0.25, 0.3) is 0 Å². The van der Waals surface area contributed by atoms with Crippen molar-refractivity contribution in [2.75, 3.05) is 6.54 Å². The number of carboxylic acid groups (broad SMARTS) is 1. The number of amides is 1. The van der Waals surface area contributed by atoms with Gasteiger partial charge in [0.05, 0.1) is 0 Å². The first-order valence-electron chi connectivity index (χ1n) is 6.88. The second-order valence-electron chi connectivity index (χ2n) is 5.02. The number of hydrogen-bond acceptors (Lipinski definition) is 3. The van der Waals surface area contributed by atoms with Crippen molar-refractivity contribution in [2.45, 2.75) is 57.4 Å². The molecule has 0 radical (unpaired) electrons. The van der Waals surface area contributed by atoms with Gasteiger partial charge in [-0.1, -0.05) is 19.3 Å². The Bertz CT molecular complexity index is 275. The van der Waals surface area contributed by atoms with Gasteiger partial charge in [-0.05, 0) is 38.6 Å². The number of unbranched alkanes of at least 4 members (excludes halogenated alkanes) is 1. The Morgan fingerprint density at radius 1 is 1.22 bits per heavy atom. The number of carbonyl (C=O) groups is 2. The number of nitrogens with one attached hydrogen (secondary N) is 1. The van der Waals surface area contributed by atoms with Crippen LogP contribution in [0.3, 0.4) is 0 Å². The van der Waals surface area contributed by atoms with E-state index in [4.69, 9.17) is 10.8 Å². The number of carbonyl (C=O) groups excluding carboxylic acids is 1. The zero-order chi connectivity index (χ0) is 13.4. The summed E-state index contributed by atoms with van der Waals surface area (Å²) in [6, 6.07) is -0.758. The maximum absolute atomic E-state index is 11.9. The molecule has 0 aromatic rings. The molecule has 0 spiro atoms. The molecule has 1 amide bonds. The lowest BCUT2D eigenvalue weighted by molar-refractivity contribution is -0.142. The summed E-state index contributed by atoms with van der Waals surface area (Å²) in [5, 5.41) is 11.7. The largest absolute Gasteiger partial charge is 0.480 e. The quantitative estimate of drug-likeness (QED) is 0.598. The smallest absolute Gasteiger partial charge is 0.326 e. The van der Waals surface area contributed by atoms with Crippen molar-refractivity contribution in [3.8, 4) is 0 Å². The fourth-order valence-corrected chi connectivity index (χ4v) is 2.40. The molecule has 1 aliphatic rings. The number of aliphatic carboxylic acids is 1. The average Bonchev–Trinajstić information content (AvgIpc) is 2.38. The minimum absolute atomic E-state index is 0.00936. The zero-order valence-electron chi connectivity index (χ0n) is 10.9. The molecule has 104 valence electrons. The second-order valence-corrected chi connectivity index (χ2v) is 5.02. The summed E-state index contributed by atoms with van der Waals surface area (Å²) in [7, 11) is 0. The van der Waals surface area contributed by atoms with Crippen LogP contribution in [0.1, 0.15) is 51.4 Å². The molecular weight excluding hydrogens is 232 g/mol. The summed E-state index contributed by atoms with van der Waals surface area (Å²) in [6.45, 7) is 0.558. The molecule has 0 unspecified atom stereocenters. The van der Waals surface area contributed by atoms with Gasteiger partial charge in [0.1, 0.15) is 6.04 Å². The van der Waals surface area contributed by atoms with Gasteiger partial charge in [-0.3, -0.25) is 4.79 Å². The summed E-state index contributed by atoms with van der Waals surface area (Å²) >= 11 is 0. The molecule has 1 fully saturated rings. The van der Waals surface area contributed by atoms with Crippen molar-refractivity contribution in [3.63, 3.8) is 0 Å². The van der Waals surface area contributed by atoms with Crippen molar-refractivity contribution < 1.29 is 14.7 Å². The third-order valence-electron chi connectivity index (χ3n) is 3.54. The third-order valence-corrected chi connectivity index (χ3v) is 3.54. The third kappa shape index (κ3) is 5.04. The molecule has 18 heavy (non-hydrogen) atoms. The SMILES string of the molecule is NCCCC[C@H](NC(=O)C1CCCCC1)C(=O)O. The topological polar surface area (TPSA) is 92.4 Å². The summed E-state index contributed by atoms with van der Waals surface area (Å²) in [6.07, 6.45) is 7.10. The van der Waals surface area contributed by atoms with Gasteiger partial charge in [0, 0.05) is 5.92 Å². The van der Waals surface area contributed by atoms with Crippen molar-refractivity contribution in [1.29, 1.82) is 0 Å². The first-order chi connectivity index (χ1) is 8.65. The first kappa shape index (κ1) is 15.0. The Hall–Kier alpha value is -1.10. The van der Waals surface area contributed by atoms with Crippen molar-refractivity contribution in [1.82, 2.24) is 5.32 Å². The van der Waals surface area contributed by atoms with Crippen LogP contribution in [-0.2, 0) is 9.59 Å². The van der Waals surface area contributed by atoms with Gasteiger partial charge < -0.3 is 16.2 Å². The minimum Gasteiger partial charge on any atom is -0.480 e. The molecule has 5 heteroatoms. The zero-order valence-corrected chi connectivity index (χ0v) is 10.9. The maximum atomic E-state index is 11.9. The van der Waals surface area contributed by atoms with E-state index in [0.717, 1.165) is 38.5 Å². The number of hydrogen-bond donors (Lipinski definition) is 3. The Kier molecular flexibility index (Phi) is 6.72. The van der Waals surface area contributed by atoms with Gasteiger partial charge in [0.2, 0.25) is 5.91 Å². The highest BCUT2D eigenvalue weighted by Gasteiger charge is 2.25. The van der Waals surface area contributed by atoms with Crippen molar-refractivity contribution in [3.05, 3.63) is 0 Å². The predicted octanol–water partition coefficient (Wildman–Crippen LogP) is 1.27. The highest BCUT2D eigenvalue weighted by molar-refractivity contribution is 5.84. The Balaban J connectivity index is 2.38. The minimum atomic E-state index is -0.948. The highest BCUT2D eigenvalue weighted by Crippen LogP contribution is 2.23. The van der Waals surface area contributed by atoms with Crippen LogP contribution in [0.25, 0.3) is 0 Å². The molecule has 0 bridgehead atoms. The van der Waals surface area contributed by atoms with E-state index >= 15 is 0 Å². The van der Waals surface area contributed by atoms with Gasteiger partial charge in [-0.15, -0.1) is 0 Å². The number of carboxylic acids is 1. The lowest BCUT2D eigenvalue weighted by Gasteiger charge is -2.23. The van der Waals surface area contributed by atoms with Crippen molar-refractivity contribution >= 4 is 11.9 Å². The van der Waals surface area contributed by atoms with Crippen LogP contribution in [-0.4, -0.2) is 29.6 Å². The second kappa shape index (κ2) is 8.08. The Morgan fingerprint density at radius 3 is 2.44 bits per heavy atom. The van der Waals surface area contributed by atoms with Crippen LogP contribution in [0.5, 0.6) is 0 Å². The van der Waals surface area contributed by atoms with E-state index in [-0.39, 0.29) is 11.8 Å². The van der Waals surface area contributed by atoms with Crippen LogP contribution < -0.4 is 11.1 Å². The molecule has 0 aromatic heterocycles. The van der Waals surface area contributed by atoms with E-state index < -0.39 is 12.0 Å². The Morgan fingerprint density at radius 2 is 1.89 bits per heavy atom. The van der Waals surface area contributed by atoms with Gasteiger partial charge in [-0.2, -0.15) is 0 Å². The summed E-state index contributed by atoms with van der Waals surface area (Å²) in [4.78, 5) is 23.0. The summed E-state index contributed by atoms with van der Waals surface area (Å²) in [5.74, 6) is -1.03. The lowest BCUT2D eigenvalue weighted by atomic mass is 9.88. The monoisotopic (exact) mass is 256 g/mol. The van der Waals surface area contributed by atoms with Gasteiger partial charge in [0.15, 0.2) is 0 Å². The highest BCUT2D eigenvalue weighted by atomic mass is 16.4. The van der Waals surface area contributed by atoms with Crippen LogP contribution in [0.2, 0.25) is 0 Å². The molecule has 5 nitrogen and oxygen atoms in total. The fourth-order valence-electron chi connectivity index (χ4n) is 2.40. The van der Waals surface area contributed by atoms with Crippen LogP contribution in [0.15, 0.2) is 0 Å². The van der Waals surface area contributed by atoms with E-state index in [1.165, 1.54) is 6.42 Å². The molecule has 0 aliphatic heterocycles. The molecule has 4 N–H and O–H groups in total.